The maximum Gasteiger partial charge on any atom is 0.321 e. The summed E-state index contributed by atoms with van der Waals surface area (Å²) in [7, 11) is 0. The lowest BCUT2D eigenvalue weighted by Gasteiger charge is -2.31. The van der Waals surface area contributed by atoms with Crippen molar-refractivity contribution in [3.63, 3.8) is 0 Å². The highest BCUT2D eigenvalue weighted by Gasteiger charge is 2.21. The van der Waals surface area contributed by atoms with Crippen LogP contribution in [0.5, 0.6) is 5.75 Å². The van der Waals surface area contributed by atoms with Gasteiger partial charge in [-0.15, -0.1) is 0 Å². The summed E-state index contributed by atoms with van der Waals surface area (Å²) in [5.41, 5.74) is 1.37. The van der Waals surface area contributed by atoms with E-state index in [1.807, 2.05) is 11.8 Å². The molecular formula is C16H24N2O3. The second-order valence-electron chi connectivity index (χ2n) is 5.54. The maximum absolute atomic E-state index is 12.2. The number of amides is 2. The number of aliphatic hydroxyl groups excluding tert-OH is 1. The number of likely N-dealkylation sites (tertiary alicyclic amines) is 1. The summed E-state index contributed by atoms with van der Waals surface area (Å²) in [4.78, 5) is 14.1. The van der Waals surface area contributed by atoms with Crippen molar-refractivity contribution in [3.8, 4) is 5.75 Å². The molecule has 0 aliphatic carbocycles. The topological polar surface area (TPSA) is 61.8 Å². The fraction of sp³-hybridized carbons (Fsp3) is 0.562. The molecule has 21 heavy (non-hydrogen) atoms. The van der Waals surface area contributed by atoms with E-state index in [9.17, 15) is 9.90 Å². The first kappa shape index (κ1) is 15.6. The average Bonchev–Trinajstić information content (AvgIpc) is 2.49. The second kappa shape index (κ2) is 7.31. The van der Waals surface area contributed by atoms with Crippen LogP contribution in [0.3, 0.4) is 0 Å². The minimum atomic E-state index is -0.111. The van der Waals surface area contributed by atoms with Crippen LogP contribution in [-0.2, 0) is 6.61 Å². The number of hydrogen-bond donors (Lipinski definition) is 2. The van der Waals surface area contributed by atoms with Gasteiger partial charge in [0, 0.05) is 24.3 Å². The van der Waals surface area contributed by atoms with Crippen LogP contribution in [0.1, 0.15) is 32.3 Å². The monoisotopic (exact) mass is 292 g/mol. The van der Waals surface area contributed by atoms with Gasteiger partial charge in [0.2, 0.25) is 0 Å². The van der Waals surface area contributed by atoms with Crippen LogP contribution in [0.15, 0.2) is 18.2 Å². The highest BCUT2D eigenvalue weighted by atomic mass is 16.5. The summed E-state index contributed by atoms with van der Waals surface area (Å²) in [6.07, 6.45) is 2.24. The summed E-state index contributed by atoms with van der Waals surface area (Å²) in [6.45, 7) is 6.11. The van der Waals surface area contributed by atoms with Gasteiger partial charge in [-0.3, -0.25) is 0 Å². The first-order valence-electron chi connectivity index (χ1n) is 7.56. The van der Waals surface area contributed by atoms with Crippen LogP contribution in [-0.4, -0.2) is 35.7 Å². The molecule has 1 saturated heterocycles. The van der Waals surface area contributed by atoms with Crippen molar-refractivity contribution < 1.29 is 14.6 Å². The van der Waals surface area contributed by atoms with E-state index in [4.69, 9.17) is 4.74 Å². The van der Waals surface area contributed by atoms with Crippen LogP contribution < -0.4 is 10.1 Å². The molecule has 0 radical (unpaired) electrons. The van der Waals surface area contributed by atoms with E-state index < -0.39 is 0 Å². The number of ether oxygens (including phenoxy) is 1. The molecule has 0 spiro atoms. The van der Waals surface area contributed by atoms with Crippen molar-refractivity contribution in [2.75, 3.05) is 25.0 Å². The Balaban J connectivity index is 2.03. The molecule has 1 unspecified atom stereocenters. The van der Waals surface area contributed by atoms with Crippen LogP contribution in [0.2, 0.25) is 0 Å². The Labute approximate surface area is 125 Å². The predicted octanol–water partition coefficient (Wildman–Crippen LogP) is 2.84. The molecule has 1 aliphatic rings. The van der Waals surface area contributed by atoms with Crippen molar-refractivity contribution in [3.05, 3.63) is 23.8 Å². The molecule has 1 atom stereocenters. The largest absolute Gasteiger partial charge is 0.494 e. The lowest BCUT2D eigenvalue weighted by Crippen LogP contribution is -2.41. The molecule has 1 aliphatic heterocycles. The number of nitrogens with zero attached hydrogens (tertiary/aromatic N) is 1. The van der Waals surface area contributed by atoms with Gasteiger partial charge in [0.25, 0.3) is 0 Å². The second-order valence-corrected chi connectivity index (χ2v) is 5.54. The van der Waals surface area contributed by atoms with Gasteiger partial charge in [-0.05, 0) is 43.9 Å². The van der Waals surface area contributed by atoms with Gasteiger partial charge in [-0.25, -0.2) is 4.79 Å². The average molecular weight is 292 g/mol. The zero-order chi connectivity index (χ0) is 15.2. The Bertz CT molecular complexity index is 490. The van der Waals surface area contributed by atoms with Gasteiger partial charge in [0.05, 0.1) is 13.2 Å². The number of carbonyl (C=O) groups excluding carboxylic acids is 1. The number of hydrogen-bond acceptors (Lipinski definition) is 3. The van der Waals surface area contributed by atoms with Gasteiger partial charge in [-0.2, -0.15) is 0 Å². The van der Waals surface area contributed by atoms with E-state index in [1.165, 1.54) is 6.42 Å². The molecule has 0 bridgehead atoms. The van der Waals surface area contributed by atoms with E-state index in [0.29, 0.717) is 29.5 Å². The van der Waals surface area contributed by atoms with Crippen LogP contribution >= 0.6 is 0 Å². The van der Waals surface area contributed by atoms with Gasteiger partial charge in [-0.1, -0.05) is 6.92 Å². The molecule has 116 valence electrons. The SMILES string of the molecule is CCOc1ccc(NC(=O)N2CCCC(C)C2)cc1CO. The van der Waals surface area contributed by atoms with E-state index in [2.05, 4.69) is 12.2 Å². The maximum atomic E-state index is 12.2. The standard InChI is InChI=1S/C16H24N2O3/c1-3-21-15-7-6-14(9-13(15)11-19)17-16(20)18-8-4-5-12(2)10-18/h6-7,9,12,19H,3-5,8,10-11H2,1-2H3,(H,17,20). The summed E-state index contributed by atoms with van der Waals surface area (Å²) in [5, 5.41) is 12.3. The van der Waals surface area contributed by atoms with Crippen molar-refractivity contribution in [1.82, 2.24) is 4.90 Å². The Morgan fingerprint density at radius 2 is 2.33 bits per heavy atom. The number of piperidine rings is 1. The molecule has 1 heterocycles. The zero-order valence-electron chi connectivity index (χ0n) is 12.8. The molecule has 2 amide bonds. The highest BCUT2D eigenvalue weighted by molar-refractivity contribution is 5.89. The van der Waals surface area contributed by atoms with Gasteiger partial charge >= 0.3 is 6.03 Å². The van der Waals surface area contributed by atoms with Gasteiger partial charge in [0.15, 0.2) is 0 Å². The molecule has 2 N–H and O–H groups in total. The number of anilines is 1. The minimum Gasteiger partial charge on any atom is -0.494 e. The number of rotatable bonds is 4. The van der Waals surface area contributed by atoms with Crippen LogP contribution in [0, 0.1) is 5.92 Å². The zero-order valence-corrected chi connectivity index (χ0v) is 12.8. The smallest absolute Gasteiger partial charge is 0.321 e. The third-order valence-electron chi connectivity index (χ3n) is 3.73. The van der Waals surface area contributed by atoms with Crippen molar-refractivity contribution in [1.29, 1.82) is 0 Å². The fourth-order valence-electron chi connectivity index (χ4n) is 2.65. The molecule has 1 aromatic carbocycles. The van der Waals surface area contributed by atoms with Gasteiger partial charge in [0.1, 0.15) is 5.75 Å². The Morgan fingerprint density at radius 1 is 1.52 bits per heavy atom. The number of aliphatic hydroxyl groups is 1. The number of benzene rings is 1. The minimum absolute atomic E-state index is 0.0744. The Hall–Kier alpha value is -1.75. The molecule has 1 aromatic rings. The number of carbonyl (C=O) groups is 1. The first-order valence-corrected chi connectivity index (χ1v) is 7.56. The molecule has 5 heteroatoms. The molecule has 1 fully saturated rings. The summed E-state index contributed by atoms with van der Waals surface area (Å²) in [6, 6.07) is 5.27. The van der Waals surface area contributed by atoms with E-state index >= 15 is 0 Å². The van der Waals surface area contributed by atoms with E-state index in [-0.39, 0.29) is 12.6 Å². The predicted molar refractivity (Wildman–Crippen MR) is 82.5 cm³/mol. The Kier molecular flexibility index (Phi) is 5.44. The molecule has 0 aromatic heterocycles. The van der Waals surface area contributed by atoms with Gasteiger partial charge < -0.3 is 20.1 Å². The normalized spacial score (nSPS) is 18.4. The molecule has 0 saturated carbocycles. The molecule has 2 rings (SSSR count). The third kappa shape index (κ3) is 4.11. The van der Waals surface area contributed by atoms with Crippen LogP contribution in [0.4, 0.5) is 10.5 Å². The van der Waals surface area contributed by atoms with Crippen molar-refractivity contribution >= 4 is 11.7 Å². The number of urea groups is 1. The molecule has 5 nitrogen and oxygen atoms in total. The van der Waals surface area contributed by atoms with Crippen molar-refractivity contribution in [2.45, 2.75) is 33.3 Å². The fourth-order valence-corrected chi connectivity index (χ4v) is 2.65. The highest BCUT2D eigenvalue weighted by Crippen LogP contribution is 2.24. The summed E-state index contributed by atoms with van der Waals surface area (Å²) >= 11 is 0. The summed E-state index contributed by atoms with van der Waals surface area (Å²) in [5.74, 6) is 1.21. The first-order chi connectivity index (χ1) is 10.1. The van der Waals surface area contributed by atoms with E-state index in [0.717, 1.165) is 19.5 Å². The lowest BCUT2D eigenvalue weighted by atomic mass is 10.0. The quantitative estimate of drug-likeness (QED) is 0.897. The van der Waals surface area contributed by atoms with Crippen molar-refractivity contribution in [2.24, 2.45) is 5.92 Å². The Morgan fingerprint density at radius 3 is 3.00 bits per heavy atom. The third-order valence-corrected chi connectivity index (χ3v) is 3.73. The van der Waals surface area contributed by atoms with E-state index in [1.54, 1.807) is 18.2 Å². The molecular weight excluding hydrogens is 268 g/mol. The lowest BCUT2D eigenvalue weighted by molar-refractivity contribution is 0.182. The number of nitrogens with one attached hydrogen (secondary N) is 1. The summed E-state index contributed by atoms with van der Waals surface area (Å²) < 4.78 is 5.44. The van der Waals surface area contributed by atoms with Crippen LogP contribution in [0.25, 0.3) is 0 Å².